The molecule has 1 aromatic heterocycles. The minimum absolute atomic E-state index is 0.101. The van der Waals surface area contributed by atoms with E-state index in [0.29, 0.717) is 16.5 Å². The predicted molar refractivity (Wildman–Crippen MR) is 75.3 cm³/mol. The summed E-state index contributed by atoms with van der Waals surface area (Å²) in [5, 5.41) is 0.472. The highest BCUT2D eigenvalue weighted by molar-refractivity contribution is 6.30. The number of hydrogen-bond donors (Lipinski definition) is 0. The van der Waals surface area contributed by atoms with Crippen LogP contribution in [0, 0.1) is 5.82 Å². The van der Waals surface area contributed by atoms with Gasteiger partial charge in [-0.15, -0.1) is 0 Å². The maximum Gasteiger partial charge on any atom is 0.145 e. The molecule has 1 aromatic carbocycles. The Labute approximate surface area is 121 Å². The quantitative estimate of drug-likeness (QED) is 0.772. The minimum atomic E-state index is -0.432. The van der Waals surface area contributed by atoms with E-state index in [2.05, 4.69) is 9.97 Å². The molecule has 2 rings (SSSR count). The third-order valence-electron chi connectivity index (χ3n) is 2.73. The van der Waals surface area contributed by atoms with Gasteiger partial charge in [-0.05, 0) is 23.6 Å². The molecule has 0 unspecified atom stereocenters. The van der Waals surface area contributed by atoms with E-state index in [1.807, 2.05) is 13.8 Å². The summed E-state index contributed by atoms with van der Waals surface area (Å²) in [4.78, 5) is 8.52. The largest absolute Gasteiger partial charge is 0.237 e. The first kappa shape index (κ1) is 14.2. The highest BCUT2D eigenvalue weighted by Gasteiger charge is 2.11. The average molecular weight is 299 g/mol. The van der Waals surface area contributed by atoms with Crippen molar-refractivity contribution in [1.82, 2.24) is 9.97 Å². The molecule has 0 aliphatic heterocycles. The van der Waals surface area contributed by atoms with Gasteiger partial charge in [0.1, 0.15) is 16.8 Å². The third kappa shape index (κ3) is 3.43. The maximum atomic E-state index is 13.8. The van der Waals surface area contributed by atoms with Crippen molar-refractivity contribution in [2.45, 2.75) is 26.2 Å². The van der Waals surface area contributed by atoms with Crippen molar-refractivity contribution in [2.75, 3.05) is 0 Å². The molecule has 0 saturated carbocycles. The molecule has 100 valence electrons. The van der Waals surface area contributed by atoms with Crippen molar-refractivity contribution < 1.29 is 4.39 Å². The van der Waals surface area contributed by atoms with Gasteiger partial charge in [-0.2, -0.15) is 0 Å². The van der Waals surface area contributed by atoms with Crippen LogP contribution in [0.15, 0.2) is 24.3 Å². The van der Waals surface area contributed by atoms with Crippen LogP contribution in [0.4, 0.5) is 4.39 Å². The summed E-state index contributed by atoms with van der Waals surface area (Å²) in [5.74, 6) is 0.305. The van der Waals surface area contributed by atoms with Gasteiger partial charge < -0.3 is 0 Å². The summed E-state index contributed by atoms with van der Waals surface area (Å²) in [5.41, 5.74) is 1.31. The lowest BCUT2D eigenvalue weighted by Gasteiger charge is -2.08. The van der Waals surface area contributed by atoms with Gasteiger partial charge >= 0.3 is 0 Å². The lowest BCUT2D eigenvalue weighted by Crippen LogP contribution is -2.03. The van der Waals surface area contributed by atoms with Crippen LogP contribution < -0.4 is 0 Å². The molecule has 5 heteroatoms. The van der Waals surface area contributed by atoms with Gasteiger partial charge in [0.2, 0.25) is 0 Å². The maximum absolute atomic E-state index is 13.8. The van der Waals surface area contributed by atoms with E-state index in [0.717, 1.165) is 5.69 Å². The number of hydrogen-bond acceptors (Lipinski definition) is 2. The van der Waals surface area contributed by atoms with E-state index in [1.54, 1.807) is 18.2 Å². The summed E-state index contributed by atoms with van der Waals surface area (Å²) in [7, 11) is 0. The molecule has 0 spiro atoms. The lowest BCUT2D eigenvalue weighted by atomic mass is 10.1. The Kier molecular flexibility index (Phi) is 4.38. The highest BCUT2D eigenvalue weighted by Crippen LogP contribution is 2.21. The van der Waals surface area contributed by atoms with Crippen molar-refractivity contribution in [3.05, 3.63) is 57.3 Å². The van der Waals surface area contributed by atoms with Gasteiger partial charge in [-0.3, -0.25) is 0 Å². The number of benzene rings is 1. The molecular weight excluding hydrogens is 286 g/mol. The Morgan fingerprint density at radius 1 is 1.21 bits per heavy atom. The van der Waals surface area contributed by atoms with Crippen LogP contribution in [0.5, 0.6) is 0 Å². The van der Waals surface area contributed by atoms with Crippen LogP contribution in [0.1, 0.15) is 36.8 Å². The molecule has 19 heavy (non-hydrogen) atoms. The van der Waals surface area contributed by atoms with E-state index >= 15 is 0 Å². The first-order valence-electron chi connectivity index (χ1n) is 5.93. The van der Waals surface area contributed by atoms with Crippen molar-refractivity contribution in [3.63, 3.8) is 0 Å². The van der Waals surface area contributed by atoms with Gasteiger partial charge in [-0.25, -0.2) is 14.4 Å². The van der Waals surface area contributed by atoms with Gasteiger partial charge in [0.25, 0.3) is 0 Å². The summed E-state index contributed by atoms with van der Waals surface area (Å²) < 4.78 is 13.8. The summed E-state index contributed by atoms with van der Waals surface area (Å²) >= 11 is 11.7. The predicted octanol–water partition coefficient (Wildman–Crippen LogP) is 4.64. The van der Waals surface area contributed by atoms with Crippen molar-refractivity contribution in [2.24, 2.45) is 0 Å². The van der Waals surface area contributed by atoms with E-state index in [4.69, 9.17) is 23.2 Å². The fourth-order valence-corrected chi connectivity index (χ4v) is 2.12. The molecular formula is C14H13Cl2FN2. The Hall–Kier alpha value is -1.19. The third-order valence-corrected chi connectivity index (χ3v) is 3.22. The molecule has 0 bridgehead atoms. The second kappa shape index (κ2) is 5.85. The SMILES string of the molecule is CC(C)c1cc(Cl)nc(Cc2cccc(Cl)c2F)n1. The zero-order valence-electron chi connectivity index (χ0n) is 10.6. The zero-order valence-corrected chi connectivity index (χ0v) is 12.1. The number of halogens is 3. The van der Waals surface area contributed by atoms with Gasteiger partial charge in [0.15, 0.2) is 0 Å². The zero-order chi connectivity index (χ0) is 14.0. The van der Waals surface area contributed by atoms with Crippen LogP contribution in [-0.4, -0.2) is 9.97 Å². The Balaban J connectivity index is 2.35. The van der Waals surface area contributed by atoms with Crippen molar-refractivity contribution in [3.8, 4) is 0 Å². The van der Waals surface area contributed by atoms with Crippen molar-refractivity contribution in [1.29, 1.82) is 0 Å². The first-order valence-corrected chi connectivity index (χ1v) is 6.69. The van der Waals surface area contributed by atoms with E-state index in [9.17, 15) is 4.39 Å². The topological polar surface area (TPSA) is 25.8 Å². The van der Waals surface area contributed by atoms with Gasteiger partial charge in [0, 0.05) is 12.1 Å². The van der Waals surface area contributed by atoms with Gasteiger partial charge in [0.05, 0.1) is 5.02 Å². The highest BCUT2D eigenvalue weighted by atomic mass is 35.5. The number of aromatic nitrogens is 2. The molecule has 0 amide bonds. The second-order valence-corrected chi connectivity index (χ2v) is 5.37. The smallest absolute Gasteiger partial charge is 0.145 e. The fourth-order valence-electron chi connectivity index (χ4n) is 1.71. The fraction of sp³-hybridized carbons (Fsp3) is 0.286. The number of nitrogens with zero attached hydrogens (tertiary/aromatic N) is 2. The van der Waals surface area contributed by atoms with Crippen LogP contribution in [-0.2, 0) is 6.42 Å². The minimum Gasteiger partial charge on any atom is -0.237 e. The Morgan fingerprint density at radius 3 is 2.63 bits per heavy atom. The van der Waals surface area contributed by atoms with Crippen LogP contribution in [0.2, 0.25) is 10.2 Å². The lowest BCUT2D eigenvalue weighted by molar-refractivity contribution is 0.612. The van der Waals surface area contributed by atoms with E-state index in [1.165, 1.54) is 6.07 Å². The molecule has 1 heterocycles. The standard InChI is InChI=1S/C14H13Cl2FN2/c1-8(2)11-7-12(16)19-13(18-11)6-9-4-3-5-10(15)14(9)17/h3-5,7-8H,6H2,1-2H3. The van der Waals surface area contributed by atoms with E-state index in [-0.39, 0.29) is 17.4 Å². The molecule has 0 aliphatic carbocycles. The summed E-state index contributed by atoms with van der Waals surface area (Å²) in [6.45, 7) is 4.03. The second-order valence-electron chi connectivity index (χ2n) is 4.58. The molecule has 0 N–H and O–H groups in total. The van der Waals surface area contributed by atoms with Crippen molar-refractivity contribution >= 4 is 23.2 Å². The Bertz CT molecular complexity index is 600. The Morgan fingerprint density at radius 2 is 1.95 bits per heavy atom. The van der Waals surface area contributed by atoms with Gasteiger partial charge in [-0.1, -0.05) is 49.2 Å². The average Bonchev–Trinajstić information content (AvgIpc) is 2.34. The van der Waals surface area contributed by atoms with Crippen LogP contribution >= 0.6 is 23.2 Å². The summed E-state index contributed by atoms with van der Waals surface area (Å²) in [6, 6.07) is 6.61. The molecule has 2 aromatic rings. The molecule has 0 radical (unpaired) electrons. The molecule has 2 nitrogen and oxygen atoms in total. The van der Waals surface area contributed by atoms with E-state index < -0.39 is 5.82 Å². The van der Waals surface area contributed by atoms with Crippen LogP contribution in [0.3, 0.4) is 0 Å². The molecule has 0 fully saturated rings. The molecule has 0 saturated heterocycles. The first-order chi connectivity index (χ1) is 8.97. The molecule has 0 aliphatic rings. The monoisotopic (exact) mass is 298 g/mol. The number of rotatable bonds is 3. The normalized spacial score (nSPS) is 11.1. The molecule has 0 atom stereocenters. The van der Waals surface area contributed by atoms with Crippen LogP contribution in [0.25, 0.3) is 0 Å². The summed E-state index contributed by atoms with van der Waals surface area (Å²) in [6.07, 6.45) is 0.271.